The molecule has 0 aromatic heterocycles. The second-order valence-corrected chi connectivity index (χ2v) is 4.51. The van der Waals surface area contributed by atoms with Crippen molar-refractivity contribution < 1.29 is 22.6 Å². The average molecular weight is 349 g/mol. The van der Waals surface area contributed by atoms with Gasteiger partial charge in [0.25, 0.3) is 0 Å². The lowest BCUT2D eigenvalue weighted by molar-refractivity contribution is -0.138. The zero-order chi connectivity index (χ0) is 12.6. The fraction of sp³-hybridized carbons (Fsp3) is 0.400. The van der Waals surface area contributed by atoms with Crippen molar-refractivity contribution in [1.29, 1.82) is 0 Å². The summed E-state index contributed by atoms with van der Waals surface area (Å²) in [6.45, 7) is 0.0692. The van der Waals surface area contributed by atoms with Crippen molar-refractivity contribution in [2.24, 2.45) is 5.73 Å². The summed E-state index contributed by atoms with van der Waals surface area (Å²) in [5.41, 5.74) is 5.88. The highest BCUT2D eigenvalue weighted by molar-refractivity contribution is 9.10. The summed E-state index contributed by atoms with van der Waals surface area (Å²) >= 11 is 3.18. The van der Waals surface area contributed by atoms with Crippen molar-refractivity contribution in [3.8, 4) is 11.5 Å². The third-order valence-electron chi connectivity index (χ3n) is 2.34. The second kappa shape index (κ2) is 5.54. The van der Waals surface area contributed by atoms with E-state index in [1.807, 2.05) is 0 Å². The Kier molecular flexibility index (Phi) is 4.74. The first-order valence-corrected chi connectivity index (χ1v) is 5.57. The normalized spacial score (nSPS) is 15.2. The first-order chi connectivity index (χ1) is 7.87. The quantitative estimate of drug-likeness (QED) is 0.889. The van der Waals surface area contributed by atoms with E-state index in [2.05, 4.69) is 15.9 Å². The molecule has 8 heteroatoms. The molecule has 102 valence electrons. The number of hydrogen-bond acceptors (Lipinski definition) is 3. The molecule has 0 bridgehead atoms. The van der Waals surface area contributed by atoms with Crippen LogP contribution < -0.4 is 15.2 Å². The third kappa shape index (κ3) is 3.43. The maximum Gasteiger partial charge on any atom is 0.390 e. The lowest BCUT2D eigenvalue weighted by Crippen LogP contribution is -2.20. The Morgan fingerprint density at radius 3 is 2.39 bits per heavy atom. The number of rotatable bonds is 2. The number of ether oxygens (including phenoxy) is 2. The summed E-state index contributed by atoms with van der Waals surface area (Å²) in [4.78, 5) is 0. The molecule has 0 saturated heterocycles. The second-order valence-electron chi connectivity index (χ2n) is 3.65. The van der Waals surface area contributed by atoms with Crippen LogP contribution in [0.2, 0.25) is 0 Å². The van der Waals surface area contributed by atoms with Crippen LogP contribution in [0.25, 0.3) is 0 Å². The minimum absolute atomic E-state index is 0. The van der Waals surface area contributed by atoms with Gasteiger partial charge < -0.3 is 15.2 Å². The molecule has 0 saturated carbocycles. The van der Waals surface area contributed by atoms with E-state index in [4.69, 9.17) is 15.2 Å². The van der Waals surface area contributed by atoms with E-state index in [1.165, 1.54) is 6.07 Å². The number of fused-ring (bicyclic) bond motifs is 1. The van der Waals surface area contributed by atoms with Gasteiger partial charge in [0.15, 0.2) is 11.5 Å². The maximum absolute atomic E-state index is 12.2. The molecule has 1 aromatic rings. The van der Waals surface area contributed by atoms with Gasteiger partial charge in [-0.3, -0.25) is 0 Å². The zero-order valence-electron chi connectivity index (χ0n) is 8.96. The first kappa shape index (κ1) is 15.4. The van der Waals surface area contributed by atoms with Gasteiger partial charge in [-0.15, -0.1) is 12.4 Å². The van der Waals surface area contributed by atoms with Gasteiger partial charge >= 0.3 is 6.18 Å². The van der Waals surface area contributed by atoms with Crippen molar-refractivity contribution >= 4 is 28.3 Å². The molecule has 0 unspecified atom stereocenters. The molecule has 0 aliphatic carbocycles. The van der Waals surface area contributed by atoms with E-state index in [1.54, 1.807) is 6.07 Å². The number of halogens is 5. The molecule has 3 nitrogen and oxygen atoms in total. The van der Waals surface area contributed by atoms with E-state index in [0.29, 0.717) is 21.5 Å². The molecule has 2 rings (SSSR count). The van der Waals surface area contributed by atoms with Gasteiger partial charge in [-0.25, -0.2) is 0 Å². The van der Waals surface area contributed by atoms with Crippen LogP contribution in [0.5, 0.6) is 11.5 Å². The van der Waals surface area contributed by atoms with Crippen LogP contribution in [0.3, 0.4) is 0 Å². The minimum Gasteiger partial charge on any atom is -0.454 e. The Morgan fingerprint density at radius 2 is 1.83 bits per heavy atom. The molecule has 1 atom stereocenters. The number of benzene rings is 1. The highest BCUT2D eigenvalue weighted by Gasteiger charge is 2.32. The predicted octanol–water partition coefficient (Wildman–Crippen LogP) is 3.55. The lowest BCUT2D eigenvalue weighted by atomic mass is 10.0. The Morgan fingerprint density at radius 1 is 1.28 bits per heavy atom. The Bertz CT molecular complexity index is 442. The molecule has 1 aromatic carbocycles. The fourth-order valence-electron chi connectivity index (χ4n) is 1.58. The summed E-state index contributed by atoms with van der Waals surface area (Å²) in [5.74, 6) is 0.917. The molecule has 1 aliphatic heterocycles. The van der Waals surface area contributed by atoms with Crippen LogP contribution in [0, 0.1) is 0 Å². The van der Waals surface area contributed by atoms with Gasteiger partial charge in [0.2, 0.25) is 6.79 Å². The van der Waals surface area contributed by atoms with Gasteiger partial charge in [-0.05, 0) is 17.7 Å². The van der Waals surface area contributed by atoms with Gasteiger partial charge in [0, 0.05) is 10.5 Å². The van der Waals surface area contributed by atoms with E-state index < -0.39 is 18.6 Å². The van der Waals surface area contributed by atoms with Gasteiger partial charge in [-0.2, -0.15) is 13.2 Å². The van der Waals surface area contributed by atoms with Crippen LogP contribution in [0.4, 0.5) is 13.2 Å². The molecule has 18 heavy (non-hydrogen) atoms. The number of hydrogen-bond donors (Lipinski definition) is 1. The lowest BCUT2D eigenvalue weighted by Gasteiger charge is -2.16. The topological polar surface area (TPSA) is 44.5 Å². The third-order valence-corrected chi connectivity index (χ3v) is 3.03. The molecule has 2 N–H and O–H groups in total. The van der Waals surface area contributed by atoms with Gasteiger partial charge in [0.05, 0.1) is 6.42 Å². The number of alkyl halides is 3. The smallest absolute Gasteiger partial charge is 0.390 e. The van der Waals surface area contributed by atoms with Crippen molar-refractivity contribution in [3.05, 3.63) is 22.2 Å². The Balaban J connectivity index is 0.00000162. The van der Waals surface area contributed by atoms with E-state index in [0.717, 1.165) is 0 Å². The van der Waals surface area contributed by atoms with E-state index in [-0.39, 0.29) is 19.2 Å². The van der Waals surface area contributed by atoms with Crippen molar-refractivity contribution in [2.45, 2.75) is 18.6 Å². The molecule has 1 aliphatic rings. The van der Waals surface area contributed by atoms with Gasteiger partial charge in [0.1, 0.15) is 0 Å². The molecular formula is C10H10BrClF3NO2. The maximum atomic E-state index is 12.2. The van der Waals surface area contributed by atoms with Crippen LogP contribution in [0.15, 0.2) is 16.6 Å². The minimum atomic E-state index is -4.30. The van der Waals surface area contributed by atoms with Crippen LogP contribution in [-0.2, 0) is 0 Å². The molecule has 1 heterocycles. The molecular weight excluding hydrogens is 338 g/mol. The molecule has 0 radical (unpaired) electrons. The van der Waals surface area contributed by atoms with Crippen LogP contribution in [-0.4, -0.2) is 13.0 Å². The molecule has 0 spiro atoms. The summed E-state index contributed by atoms with van der Waals surface area (Å²) in [6, 6.07) is 1.91. The Hall–Kier alpha value is -0.660. The van der Waals surface area contributed by atoms with Crippen LogP contribution >= 0.6 is 28.3 Å². The SMILES string of the molecule is Cl.N[C@@H](CC(F)(F)F)c1cc2c(cc1Br)OCO2. The summed E-state index contributed by atoms with van der Waals surface area (Å²) in [5, 5.41) is 0. The largest absolute Gasteiger partial charge is 0.454 e. The van der Waals surface area contributed by atoms with Crippen molar-refractivity contribution in [2.75, 3.05) is 6.79 Å². The highest BCUT2D eigenvalue weighted by atomic mass is 79.9. The van der Waals surface area contributed by atoms with E-state index >= 15 is 0 Å². The number of nitrogens with two attached hydrogens (primary N) is 1. The van der Waals surface area contributed by atoms with Crippen LogP contribution in [0.1, 0.15) is 18.0 Å². The highest BCUT2D eigenvalue weighted by Crippen LogP contribution is 2.40. The van der Waals surface area contributed by atoms with Crippen molar-refractivity contribution in [3.63, 3.8) is 0 Å². The summed E-state index contributed by atoms with van der Waals surface area (Å²) in [7, 11) is 0. The average Bonchev–Trinajstić information content (AvgIpc) is 2.60. The summed E-state index contributed by atoms with van der Waals surface area (Å²) < 4.78 is 47.4. The Labute approximate surface area is 116 Å². The standard InChI is InChI=1S/C10H9BrF3NO2.ClH/c11-6-2-9-8(16-4-17-9)1-5(6)7(15)3-10(12,13)14;/h1-2,7H,3-4,15H2;1H/t7-;/m0./s1. The summed E-state index contributed by atoms with van der Waals surface area (Å²) in [6.07, 6.45) is -5.37. The molecule has 0 amide bonds. The van der Waals surface area contributed by atoms with Crippen molar-refractivity contribution in [1.82, 2.24) is 0 Å². The monoisotopic (exact) mass is 347 g/mol. The first-order valence-electron chi connectivity index (χ1n) is 4.78. The zero-order valence-corrected chi connectivity index (χ0v) is 11.4. The fourth-order valence-corrected chi connectivity index (χ4v) is 2.19. The predicted molar refractivity (Wildman–Crippen MR) is 65.1 cm³/mol. The van der Waals surface area contributed by atoms with Gasteiger partial charge in [-0.1, -0.05) is 15.9 Å². The van der Waals surface area contributed by atoms with E-state index in [9.17, 15) is 13.2 Å². The molecule has 0 fully saturated rings.